The number of benzene rings is 1. The Morgan fingerprint density at radius 3 is 2.62 bits per heavy atom. The van der Waals surface area contributed by atoms with Crippen LogP contribution in [0, 0.1) is 6.92 Å². The summed E-state index contributed by atoms with van der Waals surface area (Å²) in [6, 6.07) is 8.07. The summed E-state index contributed by atoms with van der Waals surface area (Å²) < 4.78 is 41.4. The highest BCUT2D eigenvalue weighted by Gasteiger charge is 2.30. The van der Waals surface area contributed by atoms with E-state index < -0.39 is 23.6 Å². The molecule has 8 nitrogen and oxygen atoms in total. The first kappa shape index (κ1) is 21.1. The molecule has 2 N–H and O–H groups in total. The van der Waals surface area contributed by atoms with E-state index in [1.165, 1.54) is 29.2 Å². The molecule has 0 aliphatic heterocycles. The first-order valence-corrected chi connectivity index (χ1v) is 9.44. The predicted octanol–water partition coefficient (Wildman–Crippen LogP) is 3.75. The number of carbonyl (C=O) groups is 2. The Morgan fingerprint density at radius 2 is 1.88 bits per heavy atom. The number of aryl methyl sites for hydroxylation is 1. The molecule has 0 saturated carbocycles. The van der Waals surface area contributed by atoms with Gasteiger partial charge >= 0.3 is 6.18 Å². The maximum absolute atomic E-state index is 12.8. The second kappa shape index (κ2) is 8.17. The second-order valence-electron chi connectivity index (χ2n) is 7.06. The Morgan fingerprint density at radius 1 is 1.06 bits per heavy atom. The van der Waals surface area contributed by atoms with E-state index in [9.17, 15) is 22.8 Å². The van der Waals surface area contributed by atoms with E-state index in [0.717, 1.165) is 17.7 Å². The number of hydrogen-bond acceptors (Lipinski definition) is 4. The van der Waals surface area contributed by atoms with Gasteiger partial charge in [-0.15, -0.1) is 0 Å². The zero-order chi connectivity index (χ0) is 22.9. The summed E-state index contributed by atoms with van der Waals surface area (Å²) in [7, 11) is 0. The number of nitrogens with one attached hydrogen (secondary N) is 2. The number of carbonyl (C=O) groups excluding carboxylic acids is 2. The van der Waals surface area contributed by atoms with E-state index in [0.29, 0.717) is 11.3 Å². The highest BCUT2D eigenvalue weighted by atomic mass is 19.4. The van der Waals surface area contributed by atoms with Gasteiger partial charge in [-0.05, 0) is 36.8 Å². The molecule has 0 aliphatic carbocycles. The van der Waals surface area contributed by atoms with Crippen molar-refractivity contribution in [3.05, 3.63) is 78.0 Å². The minimum atomic E-state index is -4.50. The van der Waals surface area contributed by atoms with Crippen LogP contribution in [-0.2, 0) is 17.5 Å². The van der Waals surface area contributed by atoms with Crippen LogP contribution in [0.3, 0.4) is 0 Å². The average molecular weight is 442 g/mol. The number of amides is 2. The van der Waals surface area contributed by atoms with Crippen LogP contribution >= 0.6 is 0 Å². The fraction of sp³-hybridized carbons (Fsp3) is 0.143. The van der Waals surface area contributed by atoms with Crippen LogP contribution in [-0.4, -0.2) is 31.0 Å². The molecule has 4 aromatic rings. The number of fused-ring (bicyclic) bond motifs is 1. The number of nitrogens with zero attached hydrogens (tertiary/aromatic N) is 4. The Balaban J connectivity index is 1.38. The number of halogens is 3. The van der Waals surface area contributed by atoms with Gasteiger partial charge in [0.2, 0.25) is 5.91 Å². The van der Waals surface area contributed by atoms with Crippen LogP contribution < -0.4 is 10.6 Å². The van der Waals surface area contributed by atoms with Crippen LogP contribution in [0.2, 0.25) is 0 Å². The van der Waals surface area contributed by atoms with Gasteiger partial charge in [0.05, 0.1) is 17.4 Å². The van der Waals surface area contributed by atoms with Crippen LogP contribution in [0.4, 0.5) is 24.5 Å². The second-order valence-corrected chi connectivity index (χ2v) is 7.06. The molecule has 0 unspecified atom stereocenters. The van der Waals surface area contributed by atoms with E-state index >= 15 is 0 Å². The van der Waals surface area contributed by atoms with Crippen molar-refractivity contribution in [1.82, 2.24) is 19.2 Å². The highest BCUT2D eigenvalue weighted by molar-refractivity contribution is 6.03. The molecule has 0 radical (unpaired) electrons. The van der Waals surface area contributed by atoms with Gasteiger partial charge in [-0.3, -0.25) is 14.3 Å². The molecule has 3 heterocycles. The number of hydrogen-bond donors (Lipinski definition) is 2. The molecule has 3 aromatic heterocycles. The molecular formula is C21H17F3N6O2. The number of pyridine rings is 1. The lowest BCUT2D eigenvalue weighted by atomic mass is 10.2. The molecule has 0 fully saturated rings. The average Bonchev–Trinajstić information content (AvgIpc) is 3.35. The maximum Gasteiger partial charge on any atom is 0.416 e. The molecule has 2 amide bonds. The zero-order valence-corrected chi connectivity index (χ0v) is 16.7. The lowest BCUT2D eigenvalue weighted by Gasteiger charge is -2.10. The first-order chi connectivity index (χ1) is 15.2. The first-order valence-electron chi connectivity index (χ1n) is 9.44. The molecule has 0 bridgehead atoms. The number of anilines is 2. The summed E-state index contributed by atoms with van der Waals surface area (Å²) >= 11 is 0. The SMILES string of the molecule is Cc1cccn2cc(C(=O)Nc3cnn(CC(=O)Nc4cccc(C(F)(F)F)c4)c3)nc12. The van der Waals surface area contributed by atoms with E-state index in [1.807, 2.05) is 19.1 Å². The van der Waals surface area contributed by atoms with Gasteiger partial charge in [-0.1, -0.05) is 12.1 Å². The van der Waals surface area contributed by atoms with Crippen LogP contribution in [0.1, 0.15) is 21.6 Å². The monoisotopic (exact) mass is 442 g/mol. The third-order valence-electron chi connectivity index (χ3n) is 4.58. The number of aromatic nitrogens is 4. The standard InChI is InChI=1S/C21H17F3N6O2/c1-13-4-3-7-29-11-17(28-19(13)29)20(32)27-16-9-25-30(10-16)12-18(31)26-15-6-2-5-14(8-15)21(22,23)24/h2-11H,12H2,1H3,(H,26,31)(H,27,32). The van der Waals surface area contributed by atoms with E-state index in [1.54, 1.807) is 16.8 Å². The Kier molecular flexibility index (Phi) is 5.39. The van der Waals surface area contributed by atoms with Crippen LogP contribution in [0.25, 0.3) is 5.65 Å². The predicted molar refractivity (Wildman–Crippen MR) is 110 cm³/mol. The van der Waals surface area contributed by atoms with Gasteiger partial charge in [-0.2, -0.15) is 18.3 Å². The Labute approximate surface area is 179 Å². The highest BCUT2D eigenvalue weighted by Crippen LogP contribution is 2.30. The summed E-state index contributed by atoms with van der Waals surface area (Å²) in [5.41, 5.74) is 1.31. The smallest absolute Gasteiger partial charge is 0.324 e. The van der Waals surface area contributed by atoms with Gasteiger partial charge in [0, 0.05) is 24.3 Å². The Hall–Kier alpha value is -4.15. The molecule has 4 rings (SSSR count). The molecule has 1 aromatic carbocycles. The van der Waals surface area contributed by atoms with Crippen molar-refractivity contribution in [1.29, 1.82) is 0 Å². The number of alkyl halides is 3. The minimum absolute atomic E-state index is 0.0210. The lowest BCUT2D eigenvalue weighted by Crippen LogP contribution is -2.19. The van der Waals surface area contributed by atoms with Crippen molar-refractivity contribution >= 4 is 28.8 Å². The zero-order valence-electron chi connectivity index (χ0n) is 16.7. The fourth-order valence-corrected chi connectivity index (χ4v) is 3.09. The van der Waals surface area contributed by atoms with Gasteiger partial charge < -0.3 is 15.0 Å². The quantitative estimate of drug-likeness (QED) is 0.492. The molecule has 11 heteroatoms. The lowest BCUT2D eigenvalue weighted by molar-refractivity contribution is -0.137. The van der Waals surface area contributed by atoms with Gasteiger partial charge in [0.25, 0.3) is 5.91 Å². The third kappa shape index (κ3) is 4.61. The largest absolute Gasteiger partial charge is 0.416 e. The van der Waals surface area contributed by atoms with Crippen molar-refractivity contribution in [2.45, 2.75) is 19.6 Å². The molecule has 0 saturated heterocycles. The molecule has 32 heavy (non-hydrogen) atoms. The number of imidazole rings is 1. The maximum atomic E-state index is 12.8. The van der Waals surface area contributed by atoms with E-state index in [2.05, 4.69) is 20.7 Å². The van der Waals surface area contributed by atoms with E-state index in [4.69, 9.17) is 0 Å². The minimum Gasteiger partial charge on any atom is -0.324 e. The molecule has 0 atom stereocenters. The summed E-state index contributed by atoms with van der Waals surface area (Å²) in [6.07, 6.45) is 1.67. The van der Waals surface area contributed by atoms with Crippen molar-refractivity contribution in [3.8, 4) is 0 Å². The van der Waals surface area contributed by atoms with Crippen LogP contribution in [0.15, 0.2) is 61.2 Å². The summed E-state index contributed by atoms with van der Waals surface area (Å²) in [5.74, 6) is -1.01. The van der Waals surface area contributed by atoms with E-state index in [-0.39, 0.29) is 17.9 Å². The molecule has 0 aliphatic rings. The molecule has 164 valence electrons. The fourth-order valence-electron chi connectivity index (χ4n) is 3.09. The topological polar surface area (TPSA) is 93.3 Å². The summed E-state index contributed by atoms with van der Waals surface area (Å²) in [5, 5.41) is 9.04. The molecular weight excluding hydrogens is 425 g/mol. The normalized spacial score (nSPS) is 11.5. The van der Waals surface area contributed by atoms with Crippen LogP contribution in [0.5, 0.6) is 0 Å². The van der Waals surface area contributed by atoms with Crippen molar-refractivity contribution in [3.63, 3.8) is 0 Å². The van der Waals surface area contributed by atoms with Gasteiger partial charge in [-0.25, -0.2) is 4.98 Å². The van der Waals surface area contributed by atoms with Gasteiger partial charge in [0.1, 0.15) is 17.9 Å². The molecule has 0 spiro atoms. The summed E-state index contributed by atoms with van der Waals surface area (Å²) in [6.45, 7) is 1.64. The Bertz CT molecular complexity index is 1310. The van der Waals surface area contributed by atoms with Gasteiger partial charge in [0.15, 0.2) is 0 Å². The van der Waals surface area contributed by atoms with Crippen molar-refractivity contribution in [2.75, 3.05) is 10.6 Å². The number of rotatable bonds is 5. The third-order valence-corrected chi connectivity index (χ3v) is 4.58. The van der Waals surface area contributed by atoms with Crippen molar-refractivity contribution < 1.29 is 22.8 Å². The van der Waals surface area contributed by atoms with Crippen molar-refractivity contribution in [2.24, 2.45) is 0 Å². The summed E-state index contributed by atoms with van der Waals surface area (Å²) in [4.78, 5) is 29.0.